The summed E-state index contributed by atoms with van der Waals surface area (Å²) in [5, 5.41) is 0. The molecule has 2 atom stereocenters. The number of allylic oxidation sites excluding steroid dienone is 4. The van der Waals surface area contributed by atoms with Crippen LogP contribution in [-0.4, -0.2) is 0 Å². The fourth-order valence-electron chi connectivity index (χ4n) is 2.34. The second-order valence-electron chi connectivity index (χ2n) is 4.75. The van der Waals surface area contributed by atoms with Crippen LogP contribution in [0, 0.1) is 12.8 Å². The third-order valence-corrected chi connectivity index (χ3v) is 3.43. The van der Waals surface area contributed by atoms with Crippen molar-refractivity contribution in [1.29, 1.82) is 0 Å². The van der Waals surface area contributed by atoms with Gasteiger partial charge in [0.25, 0.3) is 0 Å². The van der Waals surface area contributed by atoms with Crippen LogP contribution in [0.4, 0.5) is 0 Å². The van der Waals surface area contributed by atoms with E-state index < -0.39 is 0 Å². The SMILES string of the molecule is CCC1=CC(C)C(c2ccc(C)cc2)C=C1. The van der Waals surface area contributed by atoms with Crippen molar-refractivity contribution in [3.8, 4) is 0 Å². The standard InChI is InChI=1S/C16H20/c1-4-14-7-10-16(13(3)11-14)15-8-5-12(2)6-9-15/h5-11,13,16H,4H2,1-3H3. The molecule has 1 aliphatic rings. The molecule has 84 valence electrons. The Hall–Kier alpha value is -1.30. The van der Waals surface area contributed by atoms with Gasteiger partial charge in [-0.05, 0) is 24.8 Å². The van der Waals surface area contributed by atoms with Crippen LogP contribution >= 0.6 is 0 Å². The molecule has 0 spiro atoms. The molecule has 1 aliphatic carbocycles. The Balaban J connectivity index is 2.22. The van der Waals surface area contributed by atoms with Gasteiger partial charge in [-0.15, -0.1) is 0 Å². The zero-order valence-electron chi connectivity index (χ0n) is 10.4. The zero-order valence-corrected chi connectivity index (χ0v) is 10.4. The fraction of sp³-hybridized carbons (Fsp3) is 0.375. The van der Waals surface area contributed by atoms with E-state index in [2.05, 4.69) is 63.3 Å². The highest BCUT2D eigenvalue weighted by molar-refractivity contribution is 5.35. The van der Waals surface area contributed by atoms with E-state index in [9.17, 15) is 0 Å². The van der Waals surface area contributed by atoms with E-state index in [0.29, 0.717) is 11.8 Å². The Bertz CT molecular complexity index is 406. The first-order valence-corrected chi connectivity index (χ1v) is 6.16. The van der Waals surface area contributed by atoms with Gasteiger partial charge in [0.1, 0.15) is 0 Å². The Kier molecular flexibility index (Phi) is 3.28. The molecule has 0 heteroatoms. The minimum Gasteiger partial charge on any atom is -0.0776 e. The van der Waals surface area contributed by atoms with Crippen molar-refractivity contribution in [2.24, 2.45) is 5.92 Å². The summed E-state index contributed by atoms with van der Waals surface area (Å²) in [4.78, 5) is 0. The second-order valence-corrected chi connectivity index (χ2v) is 4.75. The molecule has 16 heavy (non-hydrogen) atoms. The van der Waals surface area contributed by atoms with Crippen molar-refractivity contribution >= 4 is 0 Å². The van der Waals surface area contributed by atoms with Crippen LogP contribution in [0.3, 0.4) is 0 Å². The predicted molar refractivity (Wildman–Crippen MR) is 70.6 cm³/mol. The average molecular weight is 212 g/mol. The third-order valence-electron chi connectivity index (χ3n) is 3.43. The van der Waals surface area contributed by atoms with E-state index in [-0.39, 0.29) is 0 Å². The molecule has 1 aromatic carbocycles. The Morgan fingerprint density at radius 3 is 2.38 bits per heavy atom. The molecule has 2 rings (SSSR count). The molecule has 0 amide bonds. The van der Waals surface area contributed by atoms with Crippen molar-refractivity contribution in [1.82, 2.24) is 0 Å². The van der Waals surface area contributed by atoms with Gasteiger partial charge in [0, 0.05) is 5.92 Å². The number of hydrogen-bond donors (Lipinski definition) is 0. The Labute approximate surface area is 98.7 Å². The largest absolute Gasteiger partial charge is 0.0776 e. The lowest BCUT2D eigenvalue weighted by Crippen LogP contribution is -2.09. The maximum absolute atomic E-state index is 2.41. The average Bonchev–Trinajstić information content (AvgIpc) is 2.30. The van der Waals surface area contributed by atoms with Crippen LogP contribution in [0.5, 0.6) is 0 Å². The van der Waals surface area contributed by atoms with Gasteiger partial charge >= 0.3 is 0 Å². The highest BCUT2D eigenvalue weighted by atomic mass is 14.2. The monoisotopic (exact) mass is 212 g/mol. The molecule has 0 nitrogen and oxygen atoms in total. The van der Waals surface area contributed by atoms with E-state index >= 15 is 0 Å². The molecule has 0 saturated heterocycles. The number of hydrogen-bond acceptors (Lipinski definition) is 0. The highest BCUT2D eigenvalue weighted by Gasteiger charge is 2.17. The van der Waals surface area contributed by atoms with Crippen LogP contribution in [0.1, 0.15) is 37.3 Å². The van der Waals surface area contributed by atoms with E-state index in [0.717, 1.165) is 6.42 Å². The minimum atomic E-state index is 0.552. The highest BCUT2D eigenvalue weighted by Crippen LogP contribution is 2.32. The summed E-state index contributed by atoms with van der Waals surface area (Å²) >= 11 is 0. The lowest BCUT2D eigenvalue weighted by molar-refractivity contribution is 0.627. The molecular formula is C16H20. The topological polar surface area (TPSA) is 0 Å². The minimum absolute atomic E-state index is 0.552. The molecule has 0 bridgehead atoms. The van der Waals surface area contributed by atoms with Crippen molar-refractivity contribution in [2.75, 3.05) is 0 Å². The summed E-state index contributed by atoms with van der Waals surface area (Å²) < 4.78 is 0. The summed E-state index contributed by atoms with van der Waals surface area (Å²) in [6.07, 6.45) is 8.19. The van der Waals surface area contributed by atoms with Crippen LogP contribution in [-0.2, 0) is 0 Å². The third kappa shape index (κ3) is 2.27. The number of benzene rings is 1. The van der Waals surface area contributed by atoms with Crippen molar-refractivity contribution in [3.05, 3.63) is 59.2 Å². The van der Waals surface area contributed by atoms with E-state index in [1.165, 1.54) is 16.7 Å². The molecule has 0 aliphatic heterocycles. The van der Waals surface area contributed by atoms with Crippen molar-refractivity contribution in [2.45, 2.75) is 33.1 Å². The second kappa shape index (κ2) is 4.69. The van der Waals surface area contributed by atoms with Crippen LogP contribution in [0.15, 0.2) is 48.1 Å². The van der Waals surface area contributed by atoms with Crippen molar-refractivity contribution < 1.29 is 0 Å². The molecule has 0 aromatic heterocycles. The molecule has 0 heterocycles. The molecule has 2 unspecified atom stereocenters. The van der Waals surface area contributed by atoms with Gasteiger partial charge in [-0.25, -0.2) is 0 Å². The van der Waals surface area contributed by atoms with Gasteiger partial charge in [-0.2, -0.15) is 0 Å². The predicted octanol–water partition coefficient (Wildman–Crippen LogP) is 4.62. The Morgan fingerprint density at radius 2 is 1.81 bits per heavy atom. The summed E-state index contributed by atoms with van der Waals surface area (Å²) in [5.74, 6) is 1.17. The molecule has 0 fully saturated rings. The summed E-state index contributed by atoms with van der Waals surface area (Å²) in [6.45, 7) is 6.66. The summed E-state index contributed by atoms with van der Waals surface area (Å²) in [5.41, 5.74) is 4.23. The van der Waals surface area contributed by atoms with E-state index in [1.807, 2.05) is 0 Å². The smallest absolute Gasteiger partial charge is 0.00815 e. The van der Waals surface area contributed by atoms with Gasteiger partial charge < -0.3 is 0 Å². The molecule has 1 aromatic rings. The lowest BCUT2D eigenvalue weighted by atomic mass is 9.82. The quantitative estimate of drug-likeness (QED) is 0.671. The van der Waals surface area contributed by atoms with Gasteiger partial charge in [0.15, 0.2) is 0 Å². The first-order valence-electron chi connectivity index (χ1n) is 6.16. The Morgan fingerprint density at radius 1 is 1.12 bits per heavy atom. The van der Waals surface area contributed by atoms with Gasteiger partial charge in [-0.1, -0.05) is 67.5 Å². The van der Waals surface area contributed by atoms with E-state index in [4.69, 9.17) is 0 Å². The van der Waals surface area contributed by atoms with E-state index in [1.54, 1.807) is 0 Å². The molecule has 0 saturated carbocycles. The van der Waals surface area contributed by atoms with Gasteiger partial charge in [0.05, 0.1) is 0 Å². The molecular weight excluding hydrogens is 192 g/mol. The first-order chi connectivity index (χ1) is 7.70. The lowest BCUT2D eigenvalue weighted by Gasteiger charge is -2.23. The maximum atomic E-state index is 2.41. The van der Waals surface area contributed by atoms with Gasteiger partial charge in [0.2, 0.25) is 0 Å². The summed E-state index contributed by atoms with van der Waals surface area (Å²) in [7, 11) is 0. The number of rotatable bonds is 2. The van der Waals surface area contributed by atoms with Gasteiger partial charge in [-0.3, -0.25) is 0 Å². The first kappa shape index (κ1) is 11.2. The number of aryl methyl sites for hydroxylation is 1. The maximum Gasteiger partial charge on any atom is 0.00815 e. The fourth-order valence-corrected chi connectivity index (χ4v) is 2.34. The molecule has 0 radical (unpaired) electrons. The zero-order chi connectivity index (χ0) is 11.5. The van der Waals surface area contributed by atoms with Crippen molar-refractivity contribution in [3.63, 3.8) is 0 Å². The van der Waals surface area contributed by atoms with Crippen LogP contribution in [0.25, 0.3) is 0 Å². The van der Waals surface area contributed by atoms with Crippen LogP contribution < -0.4 is 0 Å². The molecule has 0 N–H and O–H groups in total. The van der Waals surface area contributed by atoms with Crippen LogP contribution in [0.2, 0.25) is 0 Å². The normalized spacial score (nSPS) is 24.3. The summed E-state index contributed by atoms with van der Waals surface area (Å²) in [6, 6.07) is 8.92.